The molecule has 1 aromatic carbocycles. The van der Waals surface area contributed by atoms with E-state index in [1.54, 1.807) is 0 Å². The van der Waals surface area contributed by atoms with Crippen LogP contribution in [0.2, 0.25) is 0 Å². The first-order valence-electron chi connectivity index (χ1n) is 6.62. The Balaban J connectivity index is 2.37. The van der Waals surface area contributed by atoms with Crippen molar-refractivity contribution in [2.75, 3.05) is 0 Å². The zero-order chi connectivity index (χ0) is 13.3. The first-order valence-corrected chi connectivity index (χ1v) is 6.62. The minimum atomic E-state index is 0.215. The van der Waals surface area contributed by atoms with E-state index in [1.807, 2.05) is 6.07 Å². The number of fused-ring (bicyclic) bond motifs is 1. The van der Waals surface area contributed by atoms with Crippen LogP contribution in [0.5, 0.6) is 5.75 Å². The molecule has 1 heterocycles. The van der Waals surface area contributed by atoms with Crippen molar-refractivity contribution in [3.63, 3.8) is 0 Å². The second kappa shape index (κ2) is 4.68. The van der Waals surface area contributed by atoms with E-state index in [-0.39, 0.29) is 6.10 Å². The normalized spacial score (nSPS) is 12.3. The summed E-state index contributed by atoms with van der Waals surface area (Å²) in [6, 6.07) is 6.27. The third-order valence-corrected chi connectivity index (χ3v) is 2.83. The molecular weight excluding hydrogens is 222 g/mol. The summed E-state index contributed by atoms with van der Waals surface area (Å²) in [4.78, 5) is 3.34. The van der Waals surface area contributed by atoms with Crippen molar-refractivity contribution >= 4 is 10.9 Å². The van der Waals surface area contributed by atoms with Crippen LogP contribution >= 0.6 is 0 Å². The van der Waals surface area contributed by atoms with Gasteiger partial charge in [-0.05, 0) is 49.4 Å². The topological polar surface area (TPSA) is 25.0 Å². The van der Waals surface area contributed by atoms with Crippen LogP contribution in [0.3, 0.4) is 0 Å². The van der Waals surface area contributed by atoms with E-state index in [1.165, 1.54) is 16.5 Å². The van der Waals surface area contributed by atoms with Crippen molar-refractivity contribution in [3.8, 4) is 5.75 Å². The summed E-state index contributed by atoms with van der Waals surface area (Å²) in [7, 11) is 0. The van der Waals surface area contributed by atoms with Gasteiger partial charge in [-0.3, -0.25) is 0 Å². The number of aromatic nitrogens is 1. The number of aromatic amines is 1. The van der Waals surface area contributed by atoms with E-state index in [2.05, 4.69) is 57.9 Å². The molecule has 0 amide bonds. The summed E-state index contributed by atoms with van der Waals surface area (Å²) in [6.45, 7) is 10.9. The summed E-state index contributed by atoms with van der Waals surface area (Å²) in [6.07, 6.45) is 3.40. The lowest BCUT2D eigenvalue weighted by Gasteiger charge is -2.17. The summed E-state index contributed by atoms with van der Waals surface area (Å²) < 4.78 is 5.76. The molecule has 2 rings (SSSR count). The average Bonchev–Trinajstić information content (AvgIpc) is 2.58. The Morgan fingerprint density at radius 3 is 2.56 bits per heavy atom. The molecule has 0 aliphatic carbocycles. The Labute approximate surface area is 109 Å². The number of H-pyrrole nitrogens is 1. The summed E-state index contributed by atoms with van der Waals surface area (Å²) in [5, 5.41) is 1.28. The monoisotopic (exact) mass is 245 g/mol. The van der Waals surface area contributed by atoms with Crippen LogP contribution in [0.4, 0.5) is 0 Å². The maximum atomic E-state index is 5.76. The van der Waals surface area contributed by atoms with Gasteiger partial charge in [0.15, 0.2) is 0 Å². The van der Waals surface area contributed by atoms with Gasteiger partial charge in [0.25, 0.3) is 0 Å². The van der Waals surface area contributed by atoms with Crippen LogP contribution < -0.4 is 4.74 Å². The molecule has 0 unspecified atom stereocenters. The van der Waals surface area contributed by atoms with Gasteiger partial charge in [0.1, 0.15) is 5.75 Å². The van der Waals surface area contributed by atoms with Crippen LogP contribution in [-0.4, -0.2) is 11.1 Å². The quantitative estimate of drug-likeness (QED) is 0.843. The SMILES string of the molecule is CC(C)Oc1ccc2[nH]cc(CC(C)(C)C)c2c1. The van der Waals surface area contributed by atoms with Gasteiger partial charge >= 0.3 is 0 Å². The van der Waals surface area contributed by atoms with Gasteiger partial charge in [-0.25, -0.2) is 0 Å². The standard InChI is InChI=1S/C16H23NO/c1-11(2)18-13-6-7-15-14(8-13)12(10-17-15)9-16(3,4)5/h6-8,10-11,17H,9H2,1-5H3. The molecule has 0 atom stereocenters. The van der Waals surface area contributed by atoms with E-state index in [9.17, 15) is 0 Å². The molecule has 0 aliphatic heterocycles. The predicted molar refractivity (Wildman–Crippen MR) is 77.2 cm³/mol. The summed E-state index contributed by atoms with van der Waals surface area (Å²) >= 11 is 0. The van der Waals surface area contributed by atoms with Crippen LogP contribution in [-0.2, 0) is 6.42 Å². The molecule has 0 saturated carbocycles. The molecule has 1 aromatic heterocycles. The fraction of sp³-hybridized carbons (Fsp3) is 0.500. The Bertz CT molecular complexity index is 532. The van der Waals surface area contributed by atoms with Gasteiger partial charge in [-0.2, -0.15) is 0 Å². The number of benzene rings is 1. The smallest absolute Gasteiger partial charge is 0.120 e. The van der Waals surface area contributed by atoms with Crippen molar-refractivity contribution in [2.24, 2.45) is 5.41 Å². The molecule has 0 fully saturated rings. The molecular formula is C16H23NO. The lowest BCUT2D eigenvalue weighted by Crippen LogP contribution is -2.08. The molecule has 18 heavy (non-hydrogen) atoms. The van der Waals surface area contributed by atoms with Crippen molar-refractivity contribution in [2.45, 2.75) is 47.1 Å². The minimum Gasteiger partial charge on any atom is -0.491 e. The van der Waals surface area contributed by atoms with Gasteiger partial charge in [0.05, 0.1) is 6.10 Å². The van der Waals surface area contributed by atoms with E-state index in [4.69, 9.17) is 4.74 Å². The Morgan fingerprint density at radius 1 is 1.22 bits per heavy atom. The number of nitrogens with one attached hydrogen (secondary N) is 1. The first kappa shape index (κ1) is 13.0. The van der Waals surface area contributed by atoms with Crippen molar-refractivity contribution in [3.05, 3.63) is 30.0 Å². The highest BCUT2D eigenvalue weighted by Crippen LogP contribution is 2.29. The molecule has 0 bridgehead atoms. The van der Waals surface area contributed by atoms with E-state index in [0.717, 1.165) is 12.2 Å². The molecule has 0 spiro atoms. The van der Waals surface area contributed by atoms with E-state index in [0.29, 0.717) is 5.41 Å². The van der Waals surface area contributed by atoms with Gasteiger partial charge in [-0.15, -0.1) is 0 Å². The van der Waals surface area contributed by atoms with Crippen molar-refractivity contribution in [1.29, 1.82) is 0 Å². The Morgan fingerprint density at radius 2 is 1.94 bits per heavy atom. The number of hydrogen-bond donors (Lipinski definition) is 1. The zero-order valence-electron chi connectivity index (χ0n) is 12.0. The third-order valence-electron chi connectivity index (χ3n) is 2.83. The molecule has 0 radical (unpaired) electrons. The average molecular weight is 245 g/mol. The molecule has 2 nitrogen and oxygen atoms in total. The second-order valence-electron chi connectivity index (χ2n) is 6.43. The van der Waals surface area contributed by atoms with E-state index < -0.39 is 0 Å². The Kier molecular flexibility index (Phi) is 3.38. The largest absolute Gasteiger partial charge is 0.491 e. The first-order chi connectivity index (χ1) is 8.35. The number of ether oxygens (including phenoxy) is 1. The van der Waals surface area contributed by atoms with Gasteiger partial charge in [0.2, 0.25) is 0 Å². The molecule has 1 N–H and O–H groups in total. The van der Waals surface area contributed by atoms with Crippen LogP contribution in [0.1, 0.15) is 40.2 Å². The fourth-order valence-corrected chi connectivity index (χ4v) is 2.22. The third kappa shape index (κ3) is 3.06. The predicted octanol–water partition coefficient (Wildman–Crippen LogP) is 4.54. The van der Waals surface area contributed by atoms with E-state index >= 15 is 0 Å². The molecule has 2 heteroatoms. The van der Waals surface area contributed by atoms with Crippen molar-refractivity contribution < 1.29 is 4.74 Å². The number of rotatable bonds is 3. The summed E-state index contributed by atoms with van der Waals surface area (Å²) in [5.41, 5.74) is 2.85. The highest BCUT2D eigenvalue weighted by Gasteiger charge is 2.14. The minimum absolute atomic E-state index is 0.215. The fourth-order valence-electron chi connectivity index (χ4n) is 2.22. The number of hydrogen-bond acceptors (Lipinski definition) is 1. The van der Waals surface area contributed by atoms with Gasteiger partial charge in [0, 0.05) is 17.1 Å². The highest BCUT2D eigenvalue weighted by atomic mass is 16.5. The summed E-state index contributed by atoms with van der Waals surface area (Å²) in [5.74, 6) is 0.951. The zero-order valence-corrected chi connectivity index (χ0v) is 12.0. The van der Waals surface area contributed by atoms with Crippen LogP contribution in [0, 0.1) is 5.41 Å². The van der Waals surface area contributed by atoms with Crippen LogP contribution in [0.15, 0.2) is 24.4 Å². The molecule has 0 aliphatic rings. The highest BCUT2D eigenvalue weighted by molar-refractivity contribution is 5.84. The lowest BCUT2D eigenvalue weighted by atomic mass is 9.88. The molecule has 98 valence electrons. The lowest BCUT2D eigenvalue weighted by molar-refractivity contribution is 0.242. The van der Waals surface area contributed by atoms with Gasteiger partial charge in [-0.1, -0.05) is 20.8 Å². The maximum absolute atomic E-state index is 5.76. The van der Waals surface area contributed by atoms with Crippen LogP contribution in [0.25, 0.3) is 10.9 Å². The maximum Gasteiger partial charge on any atom is 0.120 e. The Hall–Kier alpha value is -1.44. The second-order valence-corrected chi connectivity index (χ2v) is 6.43. The molecule has 2 aromatic rings. The van der Waals surface area contributed by atoms with Gasteiger partial charge < -0.3 is 9.72 Å². The van der Waals surface area contributed by atoms with Crippen molar-refractivity contribution in [1.82, 2.24) is 4.98 Å². The molecule has 0 saturated heterocycles.